The summed E-state index contributed by atoms with van der Waals surface area (Å²) in [5, 5.41) is 0.161. The third-order valence-electron chi connectivity index (χ3n) is 1.98. The number of hydrogen-bond donors (Lipinski definition) is 2. The van der Waals surface area contributed by atoms with Crippen molar-refractivity contribution in [3.8, 4) is 0 Å². The number of aromatic nitrogens is 1. The van der Waals surface area contributed by atoms with Crippen molar-refractivity contribution in [1.29, 1.82) is 0 Å². The van der Waals surface area contributed by atoms with Crippen molar-refractivity contribution in [2.45, 2.75) is 0 Å². The zero-order valence-electron chi connectivity index (χ0n) is 9.30. The summed E-state index contributed by atoms with van der Waals surface area (Å²) >= 11 is 5.82. The fourth-order valence-corrected chi connectivity index (χ4v) is 1.47. The van der Waals surface area contributed by atoms with Gasteiger partial charge in [-0.2, -0.15) is 0 Å². The van der Waals surface area contributed by atoms with E-state index in [0.29, 0.717) is 0 Å². The van der Waals surface area contributed by atoms with E-state index in [1.807, 2.05) is 0 Å². The molecule has 0 fully saturated rings. The summed E-state index contributed by atoms with van der Waals surface area (Å²) in [6.45, 7) is -0.847. The van der Waals surface area contributed by atoms with Gasteiger partial charge in [0.15, 0.2) is 0 Å². The number of pyridine rings is 1. The molecule has 0 aliphatic carbocycles. The molecule has 8 heteroatoms. The summed E-state index contributed by atoms with van der Waals surface area (Å²) < 4.78 is 0. The zero-order chi connectivity index (χ0) is 13.7. The highest BCUT2D eigenvalue weighted by Crippen LogP contribution is 2.15. The number of rotatable bonds is 5. The fraction of sp³-hybridized carbons (Fsp3) is 0.200. The Morgan fingerprint density at radius 2 is 1.78 bits per heavy atom. The topological polar surface area (TPSA) is 119 Å². The van der Waals surface area contributed by atoms with E-state index in [-0.39, 0.29) is 10.6 Å². The monoisotopic (exact) mass is 270 g/mol. The molecule has 0 aromatic carbocycles. The molecule has 1 heterocycles. The standard InChI is InChI=1S/C10H11ClN4O3/c11-7-1-2-14-3-6(7)10(18)15(4-8(12)16)5-9(13)17/h1-3H,4-5H2,(H2,12,16)(H2,13,17). The van der Waals surface area contributed by atoms with Gasteiger partial charge in [0, 0.05) is 12.4 Å². The summed E-state index contributed by atoms with van der Waals surface area (Å²) in [6.07, 6.45) is 2.64. The van der Waals surface area contributed by atoms with Crippen LogP contribution in [0.3, 0.4) is 0 Å². The molecule has 0 saturated carbocycles. The fourth-order valence-electron chi connectivity index (χ4n) is 1.28. The number of halogens is 1. The molecule has 1 aromatic heterocycles. The molecule has 4 N–H and O–H groups in total. The first-order valence-electron chi connectivity index (χ1n) is 4.87. The number of hydrogen-bond acceptors (Lipinski definition) is 4. The molecular weight excluding hydrogens is 260 g/mol. The number of nitrogens with two attached hydrogens (primary N) is 2. The van der Waals surface area contributed by atoms with E-state index < -0.39 is 30.8 Å². The Bertz CT molecular complexity index is 476. The predicted molar refractivity (Wildman–Crippen MR) is 63.5 cm³/mol. The van der Waals surface area contributed by atoms with Gasteiger partial charge in [-0.15, -0.1) is 0 Å². The summed E-state index contributed by atoms with van der Waals surface area (Å²) in [7, 11) is 0. The first-order valence-corrected chi connectivity index (χ1v) is 5.25. The molecule has 1 aromatic rings. The van der Waals surface area contributed by atoms with Crippen molar-refractivity contribution in [3.63, 3.8) is 0 Å². The average molecular weight is 271 g/mol. The molecule has 18 heavy (non-hydrogen) atoms. The van der Waals surface area contributed by atoms with Crippen LogP contribution in [0.5, 0.6) is 0 Å². The van der Waals surface area contributed by atoms with E-state index in [1.165, 1.54) is 18.5 Å². The van der Waals surface area contributed by atoms with Crippen LogP contribution < -0.4 is 11.5 Å². The van der Waals surface area contributed by atoms with Crippen LogP contribution in [0.2, 0.25) is 5.02 Å². The van der Waals surface area contributed by atoms with E-state index in [0.717, 1.165) is 4.90 Å². The molecule has 0 bridgehead atoms. The minimum absolute atomic E-state index is 0.0710. The normalized spacial score (nSPS) is 9.83. The van der Waals surface area contributed by atoms with Gasteiger partial charge in [0.05, 0.1) is 10.6 Å². The lowest BCUT2D eigenvalue weighted by Crippen LogP contribution is -2.43. The highest BCUT2D eigenvalue weighted by molar-refractivity contribution is 6.33. The first-order chi connectivity index (χ1) is 8.41. The third-order valence-corrected chi connectivity index (χ3v) is 2.31. The van der Waals surface area contributed by atoms with Gasteiger partial charge in [0.1, 0.15) is 13.1 Å². The maximum Gasteiger partial charge on any atom is 0.257 e. The smallest absolute Gasteiger partial charge is 0.257 e. The van der Waals surface area contributed by atoms with E-state index in [9.17, 15) is 14.4 Å². The molecule has 0 radical (unpaired) electrons. The SMILES string of the molecule is NC(=O)CN(CC(N)=O)C(=O)c1cnccc1Cl. The molecule has 0 spiro atoms. The minimum atomic E-state index is -0.760. The predicted octanol–water partition coefficient (Wildman–Crippen LogP) is -0.852. The van der Waals surface area contributed by atoms with E-state index in [4.69, 9.17) is 23.1 Å². The van der Waals surface area contributed by atoms with E-state index in [1.54, 1.807) is 0 Å². The van der Waals surface area contributed by atoms with E-state index in [2.05, 4.69) is 4.98 Å². The van der Waals surface area contributed by atoms with Crippen LogP contribution in [0.25, 0.3) is 0 Å². The van der Waals surface area contributed by atoms with Crippen LogP contribution in [0, 0.1) is 0 Å². The van der Waals surface area contributed by atoms with Crippen LogP contribution in [0.15, 0.2) is 18.5 Å². The lowest BCUT2D eigenvalue weighted by Gasteiger charge is -2.19. The number of amides is 3. The number of carbonyl (C=O) groups is 3. The summed E-state index contributed by atoms with van der Waals surface area (Å²) in [5.41, 5.74) is 10.0. The molecule has 3 amide bonds. The number of nitrogens with zero attached hydrogens (tertiary/aromatic N) is 2. The molecule has 0 aliphatic heterocycles. The quantitative estimate of drug-likeness (QED) is 0.724. The highest BCUT2D eigenvalue weighted by Gasteiger charge is 2.21. The summed E-state index contributed by atoms with van der Waals surface area (Å²) in [6, 6.07) is 1.42. The van der Waals surface area contributed by atoms with E-state index >= 15 is 0 Å². The van der Waals surface area contributed by atoms with Crippen LogP contribution in [-0.2, 0) is 9.59 Å². The van der Waals surface area contributed by atoms with Crippen LogP contribution in [-0.4, -0.2) is 40.7 Å². The van der Waals surface area contributed by atoms with Gasteiger partial charge in [-0.1, -0.05) is 11.6 Å². The lowest BCUT2D eigenvalue weighted by atomic mass is 10.2. The second-order valence-corrected chi connectivity index (χ2v) is 3.86. The maximum absolute atomic E-state index is 12.0. The number of carbonyl (C=O) groups excluding carboxylic acids is 3. The Morgan fingerprint density at radius 3 is 2.22 bits per heavy atom. The van der Waals surface area contributed by atoms with Gasteiger partial charge in [-0.3, -0.25) is 19.4 Å². The van der Waals surface area contributed by atoms with Gasteiger partial charge in [-0.05, 0) is 6.07 Å². The second kappa shape index (κ2) is 5.97. The van der Waals surface area contributed by atoms with Crippen molar-refractivity contribution in [3.05, 3.63) is 29.0 Å². The van der Waals surface area contributed by atoms with Gasteiger partial charge in [-0.25, -0.2) is 0 Å². The van der Waals surface area contributed by atoms with Crippen LogP contribution in [0.4, 0.5) is 0 Å². The maximum atomic E-state index is 12.0. The van der Waals surface area contributed by atoms with Gasteiger partial charge in [0.25, 0.3) is 5.91 Å². The molecule has 96 valence electrons. The highest BCUT2D eigenvalue weighted by atomic mass is 35.5. The summed E-state index contributed by atoms with van der Waals surface area (Å²) in [5.74, 6) is -2.15. The largest absolute Gasteiger partial charge is 0.368 e. The van der Waals surface area contributed by atoms with Crippen molar-refractivity contribution < 1.29 is 14.4 Å². The molecule has 0 unspecified atom stereocenters. The van der Waals surface area contributed by atoms with Crippen molar-refractivity contribution in [2.75, 3.05) is 13.1 Å². The van der Waals surface area contributed by atoms with Gasteiger partial charge >= 0.3 is 0 Å². The number of primary amides is 2. The lowest BCUT2D eigenvalue weighted by molar-refractivity contribution is -0.121. The molecular formula is C10H11ClN4O3. The Hall–Kier alpha value is -2.15. The Kier molecular flexibility index (Phi) is 4.61. The summed E-state index contributed by atoms with van der Waals surface area (Å²) in [4.78, 5) is 38.4. The molecule has 1 rings (SSSR count). The molecule has 0 atom stereocenters. The minimum Gasteiger partial charge on any atom is -0.368 e. The molecule has 7 nitrogen and oxygen atoms in total. The average Bonchev–Trinajstić information content (AvgIpc) is 2.26. The van der Waals surface area contributed by atoms with Gasteiger partial charge in [0.2, 0.25) is 11.8 Å². The molecule has 0 aliphatic rings. The first kappa shape index (κ1) is 13.9. The third kappa shape index (κ3) is 3.70. The Balaban J connectivity index is 2.98. The molecule has 0 saturated heterocycles. The van der Waals surface area contributed by atoms with Gasteiger partial charge < -0.3 is 16.4 Å². The van der Waals surface area contributed by atoms with Crippen molar-refractivity contribution in [2.24, 2.45) is 11.5 Å². The zero-order valence-corrected chi connectivity index (χ0v) is 10.1. The van der Waals surface area contributed by atoms with Crippen LogP contribution in [0.1, 0.15) is 10.4 Å². The van der Waals surface area contributed by atoms with Crippen molar-refractivity contribution in [1.82, 2.24) is 9.88 Å². The Morgan fingerprint density at radius 1 is 1.22 bits per heavy atom. The van der Waals surface area contributed by atoms with Crippen molar-refractivity contribution >= 4 is 29.3 Å². The second-order valence-electron chi connectivity index (χ2n) is 3.45. The van der Waals surface area contributed by atoms with Crippen LogP contribution >= 0.6 is 11.6 Å². The Labute approximate surface area is 108 Å².